The minimum atomic E-state index is -0.232. The van der Waals surface area contributed by atoms with E-state index >= 15 is 0 Å². The molecule has 0 aliphatic heterocycles. The Morgan fingerprint density at radius 1 is 1.59 bits per heavy atom. The highest BCUT2D eigenvalue weighted by Gasteiger charge is 2.15. The summed E-state index contributed by atoms with van der Waals surface area (Å²) in [6.45, 7) is 5.81. The predicted molar refractivity (Wildman–Crippen MR) is 69.8 cm³/mol. The first-order valence-corrected chi connectivity index (χ1v) is 6.51. The van der Waals surface area contributed by atoms with Crippen LogP contribution in [0.1, 0.15) is 30.3 Å². The summed E-state index contributed by atoms with van der Waals surface area (Å²) in [4.78, 5) is 18.6. The van der Waals surface area contributed by atoms with Crippen LogP contribution in [0.4, 0.5) is 0 Å². The number of aliphatic hydroxyl groups excluding tert-OH is 1. The average Bonchev–Trinajstić information content (AvgIpc) is 2.65. The van der Waals surface area contributed by atoms with Gasteiger partial charge in [-0.2, -0.15) is 0 Å². The Labute approximate surface area is 104 Å². The summed E-state index contributed by atoms with van der Waals surface area (Å²) < 4.78 is 1.51. The number of thiophene rings is 1. The molecule has 2 rings (SSSR count). The van der Waals surface area contributed by atoms with Crippen molar-refractivity contribution in [1.82, 2.24) is 9.55 Å². The molecule has 0 aliphatic rings. The van der Waals surface area contributed by atoms with Crippen LogP contribution in [-0.4, -0.2) is 21.3 Å². The Bertz CT molecular complexity index is 600. The molecule has 0 bridgehead atoms. The third-order valence-corrected chi connectivity index (χ3v) is 4.09. The van der Waals surface area contributed by atoms with Gasteiger partial charge in [0.2, 0.25) is 0 Å². The number of aromatic nitrogens is 2. The molecule has 2 aromatic rings. The lowest BCUT2D eigenvalue weighted by Gasteiger charge is -2.11. The molecule has 4 nitrogen and oxygen atoms in total. The molecular weight excluding hydrogens is 236 g/mol. The van der Waals surface area contributed by atoms with E-state index in [1.165, 1.54) is 10.9 Å². The highest BCUT2D eigenvalue weighted by Crippen LogP contribution is 2.27. The molecule has 92 valence electrons. The van der Waals surface area contributed by atoms with Gasteiger partial charge in [-0.05, 0) is 25.8 Å². The maximum atomic E-state index is 12.3. The molecule has 0 saturated carbocycles. The number of aryl methyl sites for hydroxylation is 2. The van der Waals surface area contributed by atoms with E-state index in [1.54, 1.807) is 18.3 Å². The summed E-state index contributed by atoms with van der Waals surface area (Å²) in [6, 6.07) is -0.232. The van der Waals surface area contributed by atoms with Crippen molar-refractivity contribution in [2.75, 3.05) is 6.61 Å². The Morgan fingerprint density at radius 2 is 2.29 bits per heavy atom. The molecule has 2 aromatic heterocycles. The zero-order chi connectivity index (χ0) is 12.6. The van der Waals surface area contributed by atoms with E-state index in [-0.39, 0.29) is 18.2 Å². The number of aliphatic hydroxyl groups is 1. The fraction of sp³-hybridized carbons (Fsp3) is 0.500. The van der Waals surface area contributed by atoms with E-state index in [9.17, 15) is 4.79 Å². The van der Waals surface area contributed by atoms with Gasteiger partial charge in [0.1, 0.15) is 4.83 Å². The van der Waals surface area contributed by atoms with E-state index in [4.69, 9.17) is 5.11 Å². The highest BCUT2D eigenvalue weighted by atomic mass is 32.1. The molecule has 0 aromatic carbocycles. The van der Waals surface area contributed by atoms with Crippen LogP contribution in [-0.2, 0) is 6.42 Å². The molecule has 17 heavy (non-hydrogen) atoms. The van der Waals surface area contributed by atoms with Crippen LogP contribution in [0, 0.1) is 6.92 Å². The van der Waals surface area contributed by atoms with Gasteiger partial charge in [-0.3, -0.25) is 9.36 Å². The fourth-order valence-corrected chi connectivity index (χ4v) is 3.07. The molecule has 1 atom stereocenters. The van der Waals surface area contributed by atoms with Gasteiger partial charge in [-0.15, -0.1) is 11.3 Å². The molecule has 0 spiro atoms. The third kappa shape index (κ3) is 1.89. The van der Waals surface area contributed by atoms with Crippen LogP contribution in [0.15, 0.2) is 11.1 Å². The van der Waals surface area contributed by atoms with Crippen molar-refractivity contribution in [3.8, 4) is 0 Å². The van der Waals surface area contributed by atoms with Crippen LogP contribution in [0.25, 0.3) is 10.2 Å². The van der Waals surface area contributed by atoms with Crippen molar-refractivity contribution in [1.29, 1.82) is 0 Å². The first-order chi connectivity index (χ1) is 8.10. The van der Waals surface area contributed by atoms with Crippen LogP contribution >= 0.6 is 11.3 Å². The number of fused-ring (bicyclic) bond motifs is 1. The molecule has 0 saturated heterocycles. The normalized spacial score (nSPS) is 13.2. The summed E-state index contributed by atoms with van der Waals surface area (Å²) in [5.74, 6) is 0. The number of hydrogen-bond donors (Lipinski definition) is 1. The van der Waals surface area contributed by atoms with Gasteiger partial charge < -0.3 is 5.11 Å². The zero-order valence-electron chi connectivity index (χ0n) is 10.2. The highest BCUT2D eigenvalue weighted by molar-refractivity contribution is 7.18. The molecular formula is C12H16N2O2S. The predicted octanol–water partition coefficient (Wildman–Crippen LogP) is 1.88. The van der Waals surface area contributed by atoms with Gasteiger partial charge in [0.15, 0.2) is 0 Å². The van der Waals surface area contributed by atoms with E-state index in [0.29, 0.717) is 0 Å². The second-order valence-electron chi connectivity index (χ2n) is 4.16. The van der Waals surface area contributed by atoms with E-state index in [1.807, 2.05) is 13.8 Å². The topological polar surface area (TPSA) is 55.1 Å². The van der Waals surface area contributed by atoms with Gasteiger partial charge in [0, 0.05) is 4.88 Å². The third-order valence-electron chi connectivity index (χ3n) is 3.03. The Kier molecular flexibility index (Phi) is 3.31. The van der Waals surface area contributed by atoms with Crippen LogP contribution in [0.5, 0.6) is 0 Å². The lowest BCUT2D eigenvalue weighted by molar-refractivity contribution is 0.236. The first kappa shape index (κ1) is 12.3. The van der Waals surface area contributed by atoms with E-state index < -0.39 is 0 Å². The minimum absolute atomic E-state index is 0.0437. The van der Waals surface area contributed by atoms with E-state index in [0.717, 1.165) is 27.1 Å². The Balaban J connectivity index is 2.78. The Morgan fingerprint density at radius 3 is 2.88 bits per heavy atom. The number of nitrogens with zero attached hydrogens (tertiary/aromatic N) is 2. The minimum Gasteiger partial charge on any atom is -0.394 e. The monoisotopic (exact) mass is 252 g/mol. The second-order valence-corrected chi connectivity index (χ2v) is 5.36. The summed E-state index contributed by atoms with van der Waals surface area (Å²) in [6.07, 6.45) is 2.36. The van der Waals surface area contributed by atoms with Crippen molar-refractivity contribution in [2.45, 2.75) is 33.2 Å². The molecule has 0 radical (unpaired) electrons. The van der Waals surface area contributed by atoms with E-state index in [2.05, 4.69) is 4.98 Å². The largest absolute Gasteiger partial charge is 0.394 e. The average molecular weight is 252 g/mol. The summed E-state index contributed by atoms with van der Waals surface area (Å²) in [5.41, 5.74) is 1.04. The van der Waals surface area contributed by atoms with Crippen LogP contribution in [0.2, 0.25) is 0 Å². The fourth-order valence-electron chi connectivity index (χ4n) is 2.00. The SMILES string of the molecule is CCc1c(C)sc2ncn([C@H](C)CO)c(=O)c12. The molecule has 1 N–H and O–H groups in total. The molecule has 5 heteroatoms. The van der Waals surface area contributed by atoms with Crippen molar-refractivity contribution in [3.05, 3.63) is 27.1 Å². The number of rotatable bonds is 3. The van der Waals surface area contributed by atoms with Gasteiger partial charge >= 0.3 is 0 Å². The second kappa shape index (κ2) is 4.58. The van der Waals surface area contributed by atoms with Gasteiger partial charge in [-0.1, -0.05) is 6.92 Å². The molecule has 0 aliphatic carbocycles. The maximum Gasteiger partial charge on any atom is 0.262 e. The van der Waals surface area contributed by atoms with Gasteiger partial charge in [-0.25, -0.2) is 4.98 Å². The molecule has 0 amide bonds. The summed E-state index contributed by atoms with van der Waals surface area (Å²) in [5, 5.41) is 9.85. The first-order valence-electron chi connectivity index (χ1n) is 5.70. The van der Waals surface area contributed by atoms with Crippen molar-refractivity contribution < 1.29 is 5.11 Å². The van der Waals surface area contributed by atoms with Crippen LogP contribution in [0.3, 0.4) is 0 Å². The standard InChI is InChI=1S/C12H16N2O2S/c1-4-9-8(3)17-11-10(9)12(16)14(6-13-11)7(2)5-15/h6-7,15H,4-5H2,1-3H3/t7-/m1/s1. The quantitative estimate of drug-likeness (QED) is 0.907. The zero-order valence-corrected chi connectivity index (χ0v) is 11.0. The van der Waals surface area contributed by atoms with Crippen molar-refractivity contribution in [3.63, 3.8) is 0 Å². The summed E-state index contributed by atoms with van der Waals surface area (Å²) >= 11 is 1.56. The maximum absolute atomic E-state index is 12.3. The summed E-state index contributed by atoms with van der Waals surface area (Å²) in [7, 11) is 0. The Hall–Kier alpha value is -1.20. The molecule has 0 fully saturated rings. The van der Waals surface area contributed by atoms with Crippen molar-refractivity contribution >= 4 is 21.6 Å². The smallest absolute Gasteiger partial charge is 0.262 e. The molecule has 2 heterocycles. The van der Waals surface area contributed by atoms with Gasteiger partial charge in [0.05, 0.1) is 24.4 Å². The van der Waals surface area contributed by atoms with Crippen molar-refractivity contribution in [2.24, 2.45) is 0 Å². The number of hydrogen-bond acceptors (Lipinski definition) is 4. The van der Waals surface area contributed by atoms with Gasteiger partial charge in [0.25, 0.3) is 5.56 Å². The lowest BCUT2D eigenvalue weighted by atomic mass is 10.1. The lowest BCUT2D eigenvalue weighted by Crippen LogP contribution is -2.25. The van der Waals surface area contributed by atoms with Crippen LogP contribution < -0.4 is 5.56 Å². The molecule has 0 unspecified atom stereocenters.